The molecule has 0 atom stereocenters. The van der Waals surface area contributed by atoms with E-state index < -0.39 is 0 Å². The molecule has 0 unspecified atom stereocenters. The molecule has 0 fully saturated rings. The molecule has 4 heterocycles. The number of H-pyrrole nitrogens is 2. The van der Waals surface area contributed by atoms with Crippen LogP contribution in [0.4, 0.5) is 4.79 Å². The predicted octanol–water partition coefficient (Wildman–Crippen LogP) is 0.960. The number of aromatic nitrogens is 8. The lowest BCUT2D eigenvalue weighted by atomic mass is 10.3. The maximum atomic E-state index is 11.4. The topological polar surface area (TPSA) is 127 Å². The maximum Gasteiger partial charge on any atom is 0.338 e. The van der Waals surface area contributed by atoms with Gasteiger partial charge in [0.25, 0.3) is 5.78 Å². The molecule has 24 heavy (non-hydrogen) atoms. The second-order valence-corrected chi connectivity index (χ2v) is 4.43. The van der Waals surface area contributed by atoms with Crippen LogP contribution in [0.2, 0.25) is 0 Å². The van der Waals surface area contributed by atoms with Crippen LogP contribution in [0.25, 0.3) is 0 Å². The van der Waals surface area contributed by atoms with Gasteiger partial charge in [-0.3, -0.25) is 13.9 Å². The number of carbonyl (C=O) groups excluding carboxylic acids is 2. The lowest BCUT2D eigenvalue weighted by Gasteiger charge is -1.98. The van der Waals surface area contributed by atoms with E-state index in [0.29, 0.717) is 11.6 Å². The lowest BCUT2D eigenvalue weighted by Crippen LogP contribution is -2.15. The Morgan fingerprint density at radius 2 is 1.29 bits per heavy atom. The minimum Gasteiger partial charge on any atom is -0.342 e. The van der Waals surface area contributed by atoms with Crippen molar-refractivity contribution in [2.24, 2.45) is 0 Å². The number of aromatic amines is 2. The number of hydrogen-bond acceptors (Lipinski definition) is 6. The third-order valence-electron chi connectivity index (χ3n) is 2.88. The van der Waals surface area contributed by atoms with Gasteiger partial charge in [-0.15, -0.1) is 0 Å². The zero-order valence-electron chi connectivity index (χ0n) is 12.3. The quantitative estimate of drug-likeness (QED) is 0.529. The van der Waals surface area contributed by atoms with Crippen LogP contribution in [-0.2, 0) is 0 Å². The molecule has 0 aromatic carbocycles. The first-order valence-electron chi connectivity index (χ1n) is 6.80. The van der Waals surface area contributed by atoms with Gasteiger partial charge >= 0.3 is 6.03 Å². The van der Waals surface area contributed by atoms with Crippen molar-refractivity contribution in [1.82, 2.24) is 39.0 Å². The summed E-state index contributed by atoms with van der Waals surface area (Å²) in [6.07, 6.45) is 15.4. The van der Waals surface area contributed by atoms with Crippen LogP contribution < -0.4 is 0 Å². The smallest absolute Gasteiger partial charge is 0.338 e. The van der Waals surface area contributed by atoms with E-state index >= 15 is 0 Å². The van der Waals surface area contributed by atoms with E-state index in [2.05, 4.69) is 29.9 Å². The van der Waals surface area contributed by atoms with E-state index in [1.54, 1.807) is 37.2 Å². The molecule has 4 rings (SSSR count). The molecule has 10 heteroatoms. The first-order valence-corrected chi connectivity index (χ1v) is 6.80. The van der Waals surface area contributed by atoms with Gasteiger partial charge in [0.2, 0.25) is 0 Å². The summed E-state index contributed by atoms with van der Waals surface area (Å²) in [5.41, 5.74) is 0. The number of ketones is 1. The Labute approximate surface area is 135 Å². The van der Waals surface area contributed by atoms with E-state index in [1.807, 2.05) is 0 Å². The van der Waals surface area contributed by atoms with Gasteiger partial charge in [-0.05, 0) is 0 Å². The summed E-state index contributed by atoms with van der Waals surface area (Å²) >= 11 is 0. The van der Waals surface area contributed by atoms with Gasteiger partial charge < -0.3 is 9.97 Å². The SMILES string of the molecule is O=C(c1ncc[nH]1)c1ncc[nH]1.O=C(n1ccnc1)n1ccnc1. The summed E-state index contributed by atoms with van der Waals surface area (Å²) in [4.78, 5) is 43.3. The molecule has 0 radical (unpaired) electrons. The second-order valence-electron chi connectivity index (χ2n) is 4.43. The summed E-state index contributed by atoms with van der Waals surface area (Å²) in [6.45, 7) is 0. The summed E-state index contributed by atoms with van der Waals surface area (Å²) in [5, 5.41) is 0. The minimum atomic E-state index is -0.231. The van der Waals surface area contributed by atoms with Crippen LogP contribution >= 0.6 is 0 Å². The predicted molar refractivity (Wildman–Crippen MR) is 81.3 cm³/mol. The van der Waals surface area contributed by atoms with Gasteiger partial charge in [-0.2, -0.15) is 0 Å². The van der Waals surface area contributed by atoms with Crippen LogP contribution in [0.5, 0.6) is 0 Å². The maximum absolute atomic E-state index is 11.4. The molecule has 4 aromatic heterocycles. The van der Waals surface area contributed by atoms with Crippen LogP contribution in [0.1, 0.15) is 16.4 Å². The lowest BCUT2D eigenvalue weighted by molar-refractivity contribution is 0.102. The van der Waals surface area contributed by atoms with Gasteiger partial charge in [0, 0.05) is 49.6 Å². The Balaban J connectivity index is 0.000000141. The van der Waals surface area contributed by atoms with Gasteiger partial charge in [0.05, 0.1) is 0 Å². The zero-order valence-corrected chi connectivity index (χ0v) is 12.3. The van der Waals surface area contributed by atoms with Gasteiger partial charge in [0.15, 0.2) is 11.6 Å². The Morgan fingerprint density at radius 3 is 1.62 bits per heavy atom. The Hall–Kier alpha value is -3.82. The highest BCUT2D eigenvalue weighted by Crippen LogP contribution is 1.98. The highest BCUT2D eigenvalue weighted by atomic mass is 16.2. The third-order valence-corrected chi connectivity index (χ3v) is 2.88. The molecule has 0 aliphatic heterocycles. The Kier molecular flexibility index (Phi) is 4.38. The molecule has 120 valence electrons. The Bertz CT molecular complexity index is 728. The molecule has 0 amide bonds. The summed E-state index contributed by atoms with van der Waals surface area (Å²) in [5.74, 6) is 0.361. The van der Waals surface area contributed by atoms with Crippen molar-refractivity contribution >= 4 is 11.8 Å². The van der Waals surface area contributed by atoms with Crippen molar-refractivity contribution in [3.05, 3.63) is 73.9 Å². The van der Waals surface area contributed by atoms with E-state index in [-0.39, 0.29) is 11.8 Å². The standard InChI is InChI=1S/2C7H6N4O/c12-7(10-3-1-8-5-10)11-4-2-9-6-11;12-5(6-8-1-2-9-6)7-10-3-4-11-7/h1-6H;1-4H,(H,8,9)(H,10,11). The highest BCUT2D eigenvalue weighted by molar-refractivity contribution is 6.03. The van der Waals surface area contributed by atoms with E-state index in [0.717, 1.165) is 0 Å². The van der Waals surface area contributed by atoms with Crippen molar-refractivity contribution in [2.45, 2.75) is 0 Å². The molecule has 0 saturated carbocycles. The molecule has 4 aromatic rings. The molecule has 0 saturated heterocycles. The second kappa shape index (κ2) is 6.96. The molecule has 0 bridgehead atoms. The van der Waals surface area contributed by atoms with Gasteiger partial charge in [0.1, 0.15) is 12.7 Å². The van der Waals surface area contributed by atoms with Gasteiger partial charge in [-0.25, -0.2) is 24.7 Å². The Morgan fingerprint density at radius 1 is 0.792 bits per heavy atom. The fourth-order valence-electron chi connectivity index (χ4n) is 1.77. The van der Waals surface area contributed by atoms with Crippen molar-refractivity contribution < 1.29 is 9.59 Å². The number of nitrogens with zero attached hydrogens (tertiary/aromatic N) is 6. The summed E-state index contributed by atoms with van der Waals surface area (Å²) < 4.78 is 2.75. The molecule has 0 aliphatic rings. The normalized spacial score (nSPS) is 10.0. The average Bonchev–Trinajstić information content (AvgIpc) is 3.43. The monoisotopic (exact) mass is 324 g/mol. The molecule has 10 nitrogen and oxygen atoms in total. The number of nitrogens with one attached hydrogen (secondary N) is 2. The first kappa shape index (κ1) is 15.1. The van der Waals surface area contributed by atoms with Crippen molar-refractivity contribution in [3.63, 3.8) is 0 Å². The largest absolute Gasteiger partial charge is 0.342 e. The summed E-state index contributed by atoms with van der Waals surface area (Å²) in [6, 6.07) is -0.190. The van der Waals surface area contributed by atoms with E-state index in [9.17, 15) is 9.59 Å². The van der Waals surface area contributed by atoms with Crippen molar-refractivity contribution in [2.75, 3.05) is 0 Å². The minimum absolute atomic E-state index is 0.190. The first-order chi connectivity index (χ1) is 11.8. The number of hydrogen-bond donors (Lipinski definition) is 2. The fourth-order valence-corrected chi connectivity index (χ4v) is 1.77. The number of carbonyl (C=O) groups is 2. The fraction of sp³-hybridized carbons (Fsp3) is 0. The number of rotatable bonds is 2. The number of imidazole rings is 4. The van der Waals surface area contributed by atoms with E-state index in [1.165, 1.54) is 34.2 Å². The zero-order chi connectivity index (χ0) is 16.8. The van der Waals surface area contributed by atoms with Crippen LogP contribution in [0.15, 0.2) is 62.2 Å². The molecular weight excluding hydrogens is 312 g/mol. The summed E-state index contributed by atoms with van der Waals surface area (Å²) in [7, 11) is 0. The van der Waals surface area contributed by atoms with Crippen LogP contribution in [-0.4, -0.2) is 50.9 Å². The van der Waals surface area contributed by atoms with Crippen LogP contribution in [0, 0.1) is 0 Å². The molecular formula is C14H12N8O2. The van der Waals surface area contributed by atoms with Crippen LogP contribution in [0.3, 0.4) is 0 Å². The van der Waals surface area contributed by atoms with Crippen molar-refractivity contribution in [3.8, 4) is 0 Å². The van der Waals surface area contributed by atoms with E-state index in [4.69, 9.17) is 0 Å². The van der Waals surface area contributed by atoms with Gasteiger partial charge in [-0.1, -0.05) is 0 Å². The molecule has 0 aliphatic carbocycles. The molecule has 0 spiro atoms. The highest BCUT2D eigenvalue weighted by Gasteiger charge is 2.12. The third kappa shape index (κ3) is 3.32. The molecule has 2 N–H and O–H groups in total. The van der Waals surface area contributed by atoms with Crippen molar-refractivity contribution in [1.29, 1.82) is 0 Å². The average molecular weight is 324 g/mol.